The van der Waals surface area contributed by atoms with E-state index in [-0.39, 0.29) is 23.7 Å². The summed E-state index contributed by atoms with van der Waals surface area (Å²) in [5.41, 5.74) is 5.90. The van der Waals surface area contributed by atoms with Gasteiger partial charge in [-0.05, 0) is 12.3 Å². The number of ether oxygens (including phenoxy) is 1. The highest BCUT2D eigenvalue weighted by atomic mass is 16.5. The molecule has 1 rings (SSSR count). The van der Waals surface area contributed by atoms with E-state index in [1.807, 2.05) is 13.8 Å². The lowest BCUT2D eigenvalue weighted by atomic mass is 9.99. The molecular formula is C12H22N2O3. The van der Waals surface area contributed by atoms with Crippen LogP contribution < -0.4 is 5.73 Å². The van der Waals surface area contributed by atoms with Crippen molar-refractivity contribution in [2.75, 3.05) is 20.2 Å². The lowest BCUT2D eigenvalue weighted by Gasteiger charge is -2.24. The van der Waals surface area contributed by atoms with E-state index in [1.165, 1.54) is 7.11 Å². The normalized spacial score (nSPS) is 23.3. The van der Waals surface area contributed by atoms with Crippen molar-refractivity contribution in [2.45, 2.75) is 32.7 Å². The van der Waals surface area contributed by atoms with Gasteiger partial charge in [0.05, 0.1) is 19.1 Å². The van der Waals surface area contributed by atoms with E-state index in [4.69, 9.17) is 5.73 Å². The van der Waals surface area contributed by atoms with E-state index in [1.54, 1.807) is 4.90 Å². The molecule has 0 unspecified atom stereocenters. The first-order valence-corrected chi connectivity index (χ1v) is 6.13. The van der Waals surface area contributed by atoms with Crippen LogP contribution in [0.2, 0.25) is 0 Å². The second kappa shape index (κ2) is 6.00. The van der Waals surface area contributed by atoms with Crippen molar-refractivity contribution < 1.29 is 14.3 Å². The Hall–Kier alpha value is -1.10. The molecule has 1 saturated heterocycles. The van der Waals surface area contributed by atoms with Gasteiger partial charge in [0.15, 0.2) is 0 Å². The number of nitrogens with two attached hydrogens (primary N) is 1. The number of hydrogen-bond acceptors (Lipinski definition) is 4. The van der Waals surface area contributed by atoms with E-state index >= 15 is 0 Å². The molecule has 0 saturated carbocycles. The molecule has 0 aromatic rings. The molecule has 0 aromatic carbocycles. The minimum atomic E-state index is -0.462. The summed E-state index contributed by atoms with van der Waals surface area (Å²) >= 11 is 0. The van der Waals surface area contributed by atoms with E-state index in [0.29, 0.717) is 19.5 Å². The highest BCUT2D eigenvalue weighted by Crippen LogP contribution is 2.19. The molecule has 5 heteroatoms. The first-order valence-electron chi connectivity index (χ1n) is 6.13. The van der Waals surface area contributed by atoms with Crippen LogP contribution >= 0.6 is 0 Å². The summed E-state index contributed by atoms with van der Waals surface area (Å²) < 4.78 is 4.68. The third-order valence-corrected chi connectivity index (χ3v) is 3.58. The number of nitrogens with zero attached hydrogens (tertiary/aromatic N) is 1. The third kappa shape index (κ3) is 3.19. The number of likely N-dealkylation sites (tertiary alicyclic amines) is 1. The second-order valence-electron chi connectivity index (χ2n) is 4.70. The summed E-state index contributed by atoms with van der Waals surface area (Å²) in [6, 6.07) is -0.462. The van der Waals surface area contributed by atoms with Gasteiger partial charge in [-0.3, -0.25) is 9.59 Å². The van der Waals surface area contributed by atoms with Gasteiger partial charge >= 0.3 is 5.97 Å². The van der Waals surface area contributed by atoms with Crippen LogP contribution in [0.5, 0.6) is 0 Å². The molecule has 0 aliphatic carbocycles. The monoisotopic (exact) mass is 242 g/mol. The molecule has 1 heterocycles. The van der Waals surface area contributed by atoms with Crippen molar-refractivity contribution >= 4 is 11.9 Å². The van der Waals surface area contributed by atoms with Gasteiger partial charge in [-0.2, -0.15) is 0 Å². The fourth-order valence-electron chi connectivity index (χ4n) is 2.03. The Morgan fingerprint density at radius 3 is 2.71 bits per heavy atom. The van der Waals surface area contributed by atoms with Gasteiger partial charge in [0.25, 0.3) is 0 Å². The minimum absolute atomic E-state index is 0.0502. The van der Waals surface area contributed by atoms with Gasteiger partial charge < -0.3 is 15.4 Å². The Morgan fingerprint density at radius 1 is 1.53 bits per heavy atom. The van der Waals surface area contributed by atoms with Crippen molar-refractivity contribution in [1.29, 1.82) is 0 Å². The molecule has 3 atom stereocenters. The zero-order valence-corrected chi connectivity index (χ0v) is 10.8. The maximum atomic E-state index is 12.1. The summed E-state index contributed by atoms with van der Waals surface area (Å²) in [4.78, 5) is 25.1. The molecule has 0 spiro atoms. The van der Waals surface area contributed by atoms with Gasteiger partial charge in [-0.1, -0.05) is 20.3 Å². The lowest BCUT2D eigenvalue weighted by Crippen LogP contribution is -2.46. The topological polar surface area (TPSA) is 72.6 Å². The average Bonchev–Trinajstić information content (AvgIpc) is 2.84. The maximum absolute atomic E-state index is 12.1. The standard InChI is InChI=1S/C12H22N2O3/c1-4-8(2)10(13)11(15)14-6-5-9(7-14)12(16)17-3/h8-10H,4-7,13H2,1-3H3/t8-,9+,10+/m1/s1. The zero-order chi connectivity index (χ0) is 13.0. The number of methoxy groups -OCH3 is 1. The van der Waals surface area contributed by atoms with Crippen molar-refractivity contribution in [3.63, 3.8) is 0 Å². The second-order valence-corrected chi connectivity index (χ2v) is 4.70. The smallest absolute Gasteiger partial charge is 0.310 e. The van der Waals surface area contributed by atoms with E-state index in [9.17, 15) is 9.59 Å². The van der Waals surface area contributed by atoms with E-state index in [2.05, 4.69) is 4.74 Å². The summed E-state index contributed by atoms with van der Waals surface area (Å²) in [7, 11) is 1.37. The van der Waals surface area contributed by atoms with Crippen molar-refractivity contribution in [3.8, 4) is 0 Å². The molecule has 0 bridgehead atoms. The van der Waals surface area contributed by atoms with E-state index < -0.39 is 6.04 Å². The summed E-state index contributed by atoms with van der Waals surface area (Å²) in [6.45, 7) is 5.02. The van der Waals surface area contributed by atoms with Crippen LogP contribution in [0, 0.1) is 11.8 Å². The van der Waals surface area contributed by atoms with Gasteiger partial charge in [-0.25, -0.2) is 0 Å². The Kier molecular flexibility index (Phi) is 4.93. The molecule has 5 nitrogen and oxygen atoms in total. The largest absolute Gasteiger partial charge is 0.469 e. The van der Waals surface area contributed by atoms with Crippen LogP contribution in [0.15, 0.2) is 0 Å². The van der Waals surface area contributed by atoms with Crippen LogP contribution in [0.25, 0.3) is 0 Å². The molecule has 0 radical (unpaired) electrons. The van der Waals surface area contributed by atoms with Crippen molar-refractivity contribution in [1.82, 2.24) is 4.90 Å². The minimum Gasteiger partial charge on any atom is -0.469 e. The number of carbonyl (C=O) groups is 2. The molecule has 1 fully saturated rings. The zero-order valence-electron chi connectivity index (χ0n) is 10.8. The number of rotatable bonds is 4. The highest BCUT2D eigenvalue weighted by Gasteiger charge is 2.34. The number of amides is 1. The average molecular weight is 242 g/mol. The third-order valence-electron chi connectivity index (χ3n) is 3.58. The van der Waals surface area contributed by atoms with E-state index in [0.717, 1.165) is 6.42 Å². The van der Waals surface area contributed by atoms with Crippen LogP contribution in [0.4, 0.5) is 0 Å². The number of carbonyl (C=O) groups excluding carboxylic acids is 2. The summed E-state index contributed by atoms with van der Waals surface area (Å²) in [5.74, 6) is -0.309. The Bertz CT molecular complexity index is 293. The Labute approximate surface area is 102 Å². The van der Waals surface area contributed by atoms with Crippen LogP contribution in [0.3, 0.4) is 0 Å². The predicted octanol–water partition coefficient (Wildman–Crippen LogP) is 0.381. The van der Waals surface area contributed by atoms with Gasteiger partial charge in [-0.15, -0.1) is 0 Å². The molecular weight excluding hydrogens is 220 g/mol. The lowest BCUT2D eigenvalue weighted by molar-refractivity contribution is -0.145. The first kappa shape index (κ1) is 14.0. The fraction of sp³-hybridized carbons (Fsp3) is 0.833. The molecule has 1 amide bonds. The van der Waals surface area contributed by atoms with Crippen molar-refractivity contribution in [3.05, 3.63) is 0 Å². The Morgan fingerprint density at radius 2 is 2.18 bits per heavy atom. The van der Waals surface area contributed by atoms with Crippen LogP contribution in [-0.4, -0.2) is 43.0 Å². The van der Waals surface area contributed by atoms with Crippen LogP contribution in [0.1, 0.15) is 26.7 Å². The number of esters is 1. The van der Waals surface area contributed by atoms with Crippen molar-refractivity contribution in [2.24, 2.45) is 17.6 Å². The van der Waals surface area contributed by atoms with Crippen LogP contribution in [-0.2, 0) is 14.3 Å². The SMILES string of the molecule is CC[C@@H](C)[C@H](N)C(=O)N1CC[C@H](C(=O)OC)C1. The molecule has 17 heavy (non-hydrogen) atoms. The van der Waals surface area contributed by atoms with Gasteiger partial charge in [0.1, 0.15) is 0 Å². The molecule has 0 aromatic heterocycles. The summed E-state index contributed by atoms with van der Waals surface area (Å²) in [6.07, 6.45) is 1.55. The first-order chi connectivity index (χ1) is 8.01. The Balaban J connectivity index is 2.53. The maximum Gasteiger partial charge on any atom is 0.310 e. The quantitative estimate of drug-likeness (QED) is 0.723. The summed E-state index contributed by atoms with van der Waals surface area (Å²) in [5, 5.41) is 0. The van der Waals surface area contributed by atoms with Gasteiger partial charge in [0.2, 0.25) is 5.91 Å². The molecule has 1 aliphatic heterocycles. The predicted molar refractivity (Wildman–Crippen MR) is 64.1 cm³/mol. The molecule has 98 valence electrons. The molecule has 2 N–H and O–H groups in total. The molecule has 1 aliphatic rings. The fourth-order valence-corrected chi connectivity index (χ4v) is 2.03. The highest BCUT2D eigenvalue weighted by molar-refractivity contribution is 5.83. The number of hydrogen-bond donors (Lipinski definition) is 1. The van der Waals surface area contributed by atoms with Gasteiger partial charge in [0, 0.05) is 13.1 Å².